The molecule has 1 N–H and O–H groups in total. The highest BCUT2D eigenvalue weighted by Crippen LogP contribution is 2.29. The van der Waals surface area contributed by atoms with E-state index in [0.717, 1.165) is 36.6 Å². The lowest BCUT2D eigenvalue weighted by molar-refractivity contribution is 0.102. The molecule has 1 amide bonds. The SMILES string of the molecule is CC(C)S(=O)(=O)c1cccc(C(=O)Nc2nc3c(s2)CN(Cc2ccccc2)CC3)c1.Cl. The van der Waals surface area contributed by atoms with Crippen LogP contribution in [0.3, 0.4) is 0 Å². The van der Waals surface area contributed by atoms with E-state index in [1.165, 1.54) is 29.0 Å². The van der Waals surface area contributed by atoms with Gasteiger partial charge in [-0.25, -0.2) is 13.4 Å². The van der Waals surface area contributed by atoms with Gasteiger partial charge in [0.1, 0.15) is 0 Å². The van der Waals surface area contributed by atoms with Crippen molar-refractivity contribution >= 4 is 44.6 Å². The number of amides is 1. The number of hydrogen-bond acceptors (Lipinski definition) is 6. The van der Waals surface area contributed by atoms with Gasteiger partial charge < -0.3 is 0 Å². The Kier molecular flexibility index (Phi) is 7.71. The van der Waals surface area contributed by atoms with Crippen LogP contribution in [0.5, 0.6) is 0 Å². The minimum atomic E-state index is -3.44. The smallest absolute Gasteiger partial charge is 0.257 e. The third-order valence-electron chi connectivity index (χ3n) is 5.33. The molecular weight excluding hydrogens is 466 g/mol. The highest BCUT2D eigenvalue weighted by Gasteiger charge is 2.23. The number of fused-ring (bicyclic) bond motifs is 1. The minimum Gasteiger partial charge on any atom is -0.298 e. The molecule has 0 atom stereocenters. The van der Waals surface area contributed by atoms with Gasteiger partial charge in [0.25, 0.3) is 5.91 Å². The van der Waals surface area contributed by atoms with E-state index in [0.29, 0.717) is 10.7 Å². The van der Waals surface area contributed by atoms with Crippen LogP contribution in [0, 0.1) is 0 Å². The molecule has 3 aromatic rings. The van der Waals surface area contributed by atoms with Crippen molar-refractivity contribution in [1.82, 2.24) is 9.88 Å². The summed E-state index contributed by atoms with van der Waals surface area (Å²) in [6.07, 6.45) is 0.844. The largest absolute Gasteiger partial charge is 0.298 e. The number of aromatic nitrogens is 1. The van der Waals surface area contributed by atoms with Crippen LogP contribution in [0.4, 0.5) is 5.13 Å². The fraction of sp³-hybridized carbons (Fsp3) is 0.304. The molecule has 0 radical (unpaired) electrons. The van der Waals surface area contributed by atoms with Crippen LogP contribution in [0.25, 0.3) is 0 Å². The lowest BCUT2D eigenvalue weighted by Crippen LogP contribution is -2.29. The molecule has 6 nitrogen and oxygen atoms in total. The number of halogens is 1. The van der Waals surface area contributed by atoms with E-state index in [-0.39, 0.29) is 23.2 Å². The molecule has 0 unspecified atom stereocenters. The highest BCUT2D eigenvalue weighted by molar-refractivity contribution is 7.92. The summed E-state index contributed by atoms with van der Waals surface area (Å²) in [5, 5.41) is 2.85. The van der Waals surface area contributed by atoms with Gasteiger partial charge in [-0.15, -0.1) is 23.7 Å². The molecule has 0 spiro atoms. The van der Waals surface area contributed by atoms with E-state index in [1.807, 2.05) is 18.2 Å². The summed E-state index contributed by atoms with van der Waals surface area (Å²) in [6, 6.07) is 16.5. The summed E-state index contributed by atoms with van der Waals surface area (Å²) in [6.45, 7) is 5.87. The van der Waals surface area contributed by atoms with E-state index >= 15 is 0 Å². The van der Waals surface area contributed by atoms with Gasteiger partial charge in [-0.1, -0.05) is 36.4 Å². The van der Waals surface area contributed by atoms with Gasteiger partial charge in [-0.3, -0.25) is 15.0 Å². The van der Waals surface area contributed by atoms with E-state index in [9.17, 15) is 13.2 Å². The number of carbonyl (C=O) groups is 1. The second kappa shape index (κ2) is 10.1. The highest BCUT2D eigenvalue weighted by atomic mass is 35.5. The molecule has 1 aromatic heterocycles. The Morgan fingerprint density at radius 1 is 1.16 bits per heavy atom. The molecule has 1 aliphatic rings. The quantitative estimate of drug-likeness (QED) is 0.547. The maximum Gasteiger partial charge on any atom is 0.257 e. The molecule has 0 bridgehead atoms. The number of nitrogens with zero attached hydrogens (tertiary/aromatic N) is 2. The van der Waals surface area contributed by atoms with Crippen molar-refractivity contribution in [1.29, 1.82) is 0 Å². The second-order valence-corrected chi connectivity index (χ2v) is 11.5. The summed E-state index contributed by atoms with van der Waals surface area (Å²) in [7, 11) is -3.44. The van der Waals surface area contributed by atoms with Crippen molar-refractivity contribution in [2.75, 3.05) is 11.9 Å². The molecule has 4 rings (SSSR count). The summed E-state index contributed by atoms with van der Waals surface area (Å²) in [5.74, 6) is -0.354. The molecule has 2 heterocycles. The van der Waals surface area contributed by atoms with Gasteiger partial charge in [0.15, 0.2) is 15.0 Å². The van der Waals surface area contributed by atoms with Crippen molar-refractivity contribution < 1.29 is 13.2 Å². The van der Waals surface area contributed by atoms with Gasteiger partial charge in [-0.05, 0) is 37.6 Å². The predicted molar refractivity (Wildman–Crippen MR) is 130 cm³/mol. The first-order valence-corrected chi connectivity index (χ1v) is 12.6. The molecule has 0 saturated carbocycles. The first-order chi connectivity index (χ1) is 14.8. The molecule has 2 aromatic carbocycles. The number of thiazole rings is 1. The first kappa shape index (κ1) is 24.4. The number of sulfone groups is 1. The molecule has 170 valence electrons. The third-order valence-corrected chi connectivity index (χ3v) is 8.48. The van der Waals surface area contributed by atoms with Gasteiger partial charge >= 0.3 is 0 Å². The summed E-state index contributed by atoms with van der Waals surface area (Å²) < 4.78 is 24.8. The Balaban J connectivity index is 0.00000289. The van der Waals surface area contributed by atoms with Crippen molar-refractivity contribution in [2.45, 2.75) is 43.5 Å². The number of hydrogen-bond donors (Lipinski definition) is 1. The fourth-order valence-corrected chi connectivity index (χ4v) is 5.68. The number of nitrogens with one attached hydrogen (secondary N) is 1. The van der Waals surface area contributed by atoms with Crippen LogP contribution in [0.2, 0.25) is 0 Å². The Bertz CT molecular complexity index is 1190. The lowest BCUT2D eigenvalue weighted by atomic mass is 10.1. The van der Waals surface area contributed by atoms with E-state index in [1.54, 1.807) is 26.0 Å². The van der Waals surface area contributed by atoms with Crippen LogP contribution in [-0.4, -0.2) is 36.0 Å². The number of carbonyl (C=O) groups excluding carboxylic acids is 1. The summed E-state index contributed by atoms with van der Waals surface area (Å²) in [5.41, 5.74) is 2.61. The second-order valence-electron chi connectivity index (χ2n) is 7.91. The zero-order valence-corrected chi connectivity index (χ0v) is 20.4. The van der Waals surface area contributed by atoms with E-state index in [2.05, 4.69) is 27.3 Å². The Morgan fingerprint density at radius 3 is 2.62 bits per heavy atom. The molecule has 0 fully saturated rings. The first-order valence-electron chi connectivity index (χ1n) is 10.2. The van der Waals surface area contributed by atoms with Crippen LogP contribution in [-0.2, 0) is 29.3 Å². The summed E-state index contributed by atoms with van der Waals surface area (Å²) in [4.78, 5) is 21.0. The van der Waals surface area contributed by atoms with Crippen molar-refractivity contribution in [3.05, 3.63) is 76.3 Å². The van der Waals surface area contributed by atoms with E-state index in [4.69, 9.17) is 0 Å². The van der Waals surface area contributed by atoms with Gasteiger partial charge in [0.2, 0.25) is 0 Å². The number of benzene rings is 2. The van der Waals surface area contributed by atoms with Gasteiger partial charge in [-0.2, -0.15) is 0 Å². The molecular formula is C23H26ClN3O3S2. The standard InChI is InChI=1S/C23H25N3O3S2.ClH/c1-16(2)31(28,29)19-10-6-9-18(13-19)22(27)25-23-24-20-11-12-26(15-21(20)30-23)14-17-7-4-3-5-8-17;/h3-10,13,16H,11-12,14-15H2,1-2H3,(H,24,25,27);1H. The van der Waals surface area contributed by atoms with Crippen LogP contribution >= 0.6 is 23.7 Å². The van der Waals surface area contributed by atoms with Crippen molar-refractivity contribution in [3.63, 3.8) is 0 Å². The number of rotatable bonds is 6. The molecule has 0 saturated heterocycles. The van der Waals surface area contributed by atoms with Crippen LogP contribution in [0.1, 0.15) is 40.3 Å². The summed E-state index contributed by atoms with van der Waals surface area (Å²) >= 11 is 1.48. The van der Waals surface area contributed by atoms with Crippen molar-refractivity contribution in [2.24, 2.45) is 0 Å². The molecule has 1 aliphatic heterocycles. The van der Waals surface area contributed by atoms with Gasteiger partial charge in [0.05, 0.1) is 15.8 Å². The average Bonchev–Trinajstić information content (AvgIpc) is 3.16. The Morgan fingerprint density at radius 2 is 1.91 bits per heavy atom. The molecule has 32 heavy (non-hydrogen) atoms. The van der Waals surface area contributed by atoms with E-state index < -0.39 is 15.1 Å². The normalized spacial score (nSPS) is 14.0. The minimum absolute atomic E-state index is 0. The Hall–Kier alpha value is -2.26. The lowest BCUT2D eigenvalue weighted by Gasteiger charge is -2.25. The fourth-order valence-electron chi connectivity index (χ4n) is 3.53. The molecule has 0 aliphatic carbocycles. The topological polar surface area (TPSA) is 79.4 Å². The van der Waals surface area contributed by atoms with Crippen LogP contribution < -0.4 is 5.32 Å². The average molecular weight is 492 g/mol. The third kappa shape index (κ3) is 5.38. The predicted octanol–water partition coefficient (Wildman–Crippen LogP) is 4.56. The van der Waals surface area contributed by atoms with Crippen LogP contribution in [0.15, 0.2) is 59.5 Å². The molecule has 9 heteroatoms. The van der Waals surface area contributed by atoms with Crippen molar-refractivity contribution in [3.8, 4) is 0 Å². The monoisotopic (exact) mass is 491 g/mol. The zero-order valence-electron chi connectivity index (χ0n) is 17.9. The maximum absolute atomic E-state index is 12.7. The Labute approximate surface area is 199 Å². The number of anilines is 1. The zero-order chi connectivity index (χ0) is 22.0. The van der Waals surface area contributed by atoms with Gasteiger partial charge in [0, 0.05) is 36.5 Å². The maximum atomic E-state index is 12.7.